The van der Waals surface area contributed by atoms with Gasteiger partial charge in [0.05, 0.1) is 12.2 Å². The summed E-state index contributed by atoms with van der Waals surface area (Å²) in [6, 6.07) is 6.33. The van der Waals surface area contributed by atoms with Gasteiger partial charge in [-0.25, -0.2) is 0 Å². The molecule has 5 nitrogen and oxygen atoms in total. The van der Waals surface area contributed by atoms with Gasteiger partial charge in [-0.05, 0) is 50.9 Å². The fourth-order valence-electron chi connectivity index (χ4n) is 3.43. The van der Waals surface area contributed by atoms with Gasteiger partial charge < -0.3 is 10.2 Å². The average Bonchev–Trinajstić information content (AvgIpc) is 3.28. The number of carbonyl (C=O) groups excluding carboxylic acids is 1. The predicted octanol–water partition coefficient (Wildman–Crippen LogP) is 3.55. The number of rotatable bonds is 8. The molecule has 0 spiro atoms. The Bertz CT molecular complexity index is 702. The first kappa shape index (κ1) is 19.1. The SMILES string of the molecule is CCCCN(Cc1ccc(C)s1)C(=O)Cn1ccc([C@H]2CCCNC2)n1. The summed E-state index contributed by atoms with van der Waals surface area (Å²) in [7, 11) is 0. The topological polar surface area (TPSA) is 50.2 Å². The van der Waals surface area contributed by atoms with Crippen molar-refractivity contribution in [1.29, 1.82) is 0 Å². The molecule has 1 aliphatic rings. The smallest absolute Gasteiger partial charge is 0.244 e. The standard InChI is InChI=1S/C20H30N4OS/c1-3-4-11-23(14-18-8-7-16(2)26-18)20(25)15-24-12-9-19(22-24)17-6-5-10-21-13-17/h7-9,12,17,21H,3-6,10-11,13-15H2,1-2H3/t17-/m0/s1. The average molecular weight is 375 g/mol. The lowest BCUT2D eigenvalue weighted by molar-refractivity contribution is -0.132. The summed E-state index contributed by atoms with van der Waals surface area (Å²) < 4.78 is 1.81. The highest BCUT2D eigenvalue weighted by Crippen LogP contribution is 2.21. The van der Waals surface area contributed by atoms with Crippen LogP contribution in [-0.2, 0) is 17.9 Å². The lowest BCUT2D eigenvalue weighted by Crippen LogP contribution is -2.34. The van der Waals surface area contributed by atoms with Crippen LogP contribution in [0.1, 0.15) is 54.0 Å². The quantitative estimate of drug-likeness (QED) is 0.769. The molecule has 2 aromatic rings. The number of hydrogen-bond donors (Lipinski definition) is 1. The van der Waals surface area contributed by atoms with E-state index in [0.29, 0.717) is 19.0 Å². The Kier molecular flexibility index (Phi) is 6.86. The highest BCUT2D eigenvalue weighted by atomic mass is 32.1. The first-order chi connectivity index (χ1) is 12.7. The van der Waals surface area contributed by atoms with E-state index in [1.54, 1.807) is 11.3 Å². The van der Waals surface area contributed by atoms with Gasteiger partial charge in [-0.2, -0.15) is 5.10 Å². The summed E-state index contributed by atoms with van der Waals surface area (Å²) in [5.74, 6) is 0.631. The van der Waals surface area contributed by atoms with Gasteiger partial charge in [0, 0.05) is 35.0 Å². The van der Waals surface area contributed by atoms with E-state index < -0.39 is 0 Å². The number of aromatic nitrogens is 2. The van der Waals surface area contributed by atoms with E-state index in [1.165, 1.54) is 22.6 Å². The van der Waals surface area contributed by atoms with Gasteiger partial charge in [-0.15, -0.1) is 11.3 Å². The third-order valence-corrected chi connectivity index (χ3v) is 5.94. The van der Waals surface area contributed by atoms with Gasteiger partial charge in [-0.3, -0.25) is 9.48 Å². The van der Waals surface area contributed by atoms with Crippen LogP contribution >= 0.6 is 11.3 Å². The van der Waals surface area contributed by atoms with Crippen molar-refractivity contribution in [2.45, 2.75) is 58.5 Å². The summed E-state index contributed by atoms with van der Waals surface area (Å²) in [5.41, 5.74) is 1.11. The van der Waals surface area contributed by atoms with Gasteiger partial charge in [0.25, 0.3) is 0 Å². The molecule has 0 bridgehead atoms. The first-order valence-electron chi connectivity index (χ1n) is 9.73. The number of unbranched alkanes of at least 4 members (excludes halogenated alkanes) is 1. The van der Waals surface area contributed by atoms with E-state index in [1.807, 2.05) is 15.8 Å². The second-order valence-corrected chi connectivity index (χ2v) is 8.54. The molecule has 1 saturated heterocycles. The van der Waals surface area contributed by atoms with Crippen molar-refractivity contribution in [1.82, 2.24) is 20.0 Å². The lowest BCUT2D eigenvalue weighted by atomic mass is 9.97. The molecule has 0 radical (unpaired) electrons. The third kappa shape index (κ3) is 5.17. The molecule has 0 unspecified atom stereocenters. The normalized spacial score (nSPS) is 17.4. The van der Waals surface area contributed by atoms with Crippen molar-refractivity contribution in [3.8, 4) is 0 Å². The molecular formula is C20H30N4OS. The Morgan fingerprint density at radius 3 is 3.00 bits per heavy atom. The summed E-state index contributed by atoms with van der Waals surface area (Å²) >= 11 is 1.77. The van der Waals surface area contributed by atoms with Gasteiger partial charge in [0.2, 0.25) is 5.91 Å². The molecule has 1 aliphatic heterocycles. The zero-order valence-electron chi connectivity index (χ0n) is 15.9. The maximum Gasteiger partial charge on any atom is 0.244 e. The molecule has 142 valence electrons. The largest absolute Gasteiger partial charge is 0.336 e. The van der Waals surface area contributed by atoms with Gasteiger partial charge in [0.1, 0.15) is 6.54 Å². The van der Waals surface area contributed by atoms with Crippen molar-refractivity contribution in [2.75, 3.05) is 19.6 Å². The number of amides is 1. The van der Waals surface area contributed by atoms with Crippen LogP contribution in [0.25, 0.3) is 0 Å². The molecule has 0 aromatic carbocycles. The first-order valence-corrected chi connectivity index (χ1v) is 10.5. The van der Waals surface area contributed by atoms with Crippen LogP contribution in [0.3, 0.4) is 0 Å². The van der Waals surface area contributed by atoms with Crippen molar-refractivity contribution in [3.05, 3.63) is 39.8 Å². The minimum atomic E-state index is 0.154. The monoisotopic (exact) mass is 374 g/mol. The third-order valence-electron chi connectivity index (χ3n) is 4.95. The minimum absolute atomic E-state index is 0.154. The number of nitrogens with zero attached hydrogens (tertiary/aromatic N) is 3. The number of nitrogens with one attached hydrogen (secondary N) is 1. The van der Waals surface area contributed by atoms with Crippen LogP contribution in [0.2, 0.25) is 0 Å². The lowest BCUT2D eigenvalue weighted by Gasteiger charge is -2.22. The number of hydrogen-bond acceptors (Lipinski definition) is 4. The molecule has 1 amide bonds. The minimum Gasteiger partial charge on any atom is -0.336 e. The maximum absolute atomic E-state index is 12.9. The van der Waals surface area contributed by atoms with Gasteiger partial charge >= 0.3 is 0 Å². The number of carbonyl (C=O) groups is 1. The highest BCUT2D eigenvalue weighted by Gasteiger charge is 2.19. The van der Waals surface area contributed by atoms with E-state index in [-0.39, 0.29) is 5.91 Å². The van der Waals surface area contributed by atoms with Crippen LogP contribution in [0.5, 0.6) is 0 Å². The molecular weight excluding hydrogens is 344 g/mol. The molecule has 1 N–H and O–H groups in total. The van der Waals surface area contributed by atoms with E-state index in [0.717, 1.165) is 38.2 Å². The summed E-state index contributed by atoms with van der Waals surface area (Å²) in [5, 5.41) is 8.11. The van der Waals surface area contributed by atoms with Crippen molar-refractivity contribution < 1.29 is 4.79 Å². The van der Waals surface area contributed by atoms with Gasteiger partial charge in [-0.1, -0.05) is 13.3 Å². The summed E-state index contributed by atoms with van der Waals surface area (Å²) in [6.07, 6.45) is 6.46. The van der Waals surface area contributed by atoms with E-state index in [9.17, 15) is 4.79 Å². The maximum atomic E-state index is 12.9. The molecule has 1 fully saturated rings. The van der Waals surface area contributed by atoms with E-state index >= 15 is 0 Å². The predicted molar refractivity (Wildman–Crippen MR) is 106 cm³/mol. The second-order valence-electron chi connectivity index (χ2n) is 7.16. The van der Waals surface area contributed by atoms with Crippen LogP contribution in [-0.4, -0.2) is 40.2 Å². The Balaban J connectivity index is 1.62. The van der Waals surface area contributed by atoms with E-state index in [2.05, 4.69) is 42.5 Å². The Hall–Kier alpha value is -1.66. The highest BCUT2D eigenvalue weighted by molar-refractivity contribution is 7.11. The van der Waals surface area contributed by atoms with Crippen LogP contribution < -0.4 is 5.32 Å². The number of aryl methyl sites for hydroxylation is 1. The molecule has 0 saturated carbocycles. The summed E-state index contributed by atoms with van der Waals surface area (Å²) in [4.78, 5) is 17.4. The molecule has 26 heavy (non-hydrogen) atoms. The van der Waals surface area contributed by atoms with E-state index in [4.69, 9.17) is 0 Å². The Morgan fingerprint density at radius 2 is 2.31 bits per heavy atom. The molecule has 3 heterocycles. The zero-order chi connectivity index (χ0) is 18.4. The second kappa shape index (κ2) is 9.33. The fourth-order valence-corrected chi connectivity index (χ4v) is 4.33. The fraction of sp³-hybridized carbons (Fsp3) is 0.600. The molecule has 3 rings (SSSR count). The zero-order valence-corrected chi connectivity index (χ0v) is 16.7. The summed E-state index contributed by atoms with van der Waals surface area (Å²) in [6.45, 7) is 8.21. The van der Waals surface area contributed by atoms with Crippen LogP contribution in [0.4, 0.5) is 0 Å². The molecule has 0 aliphatic carbocycles. The van der Waals surface area contributed by atoms with Gasteiger partial charge in [0.15, 0.2) is 0 Å². The van der Waals surface area contributed by atoms with Crippen molar-refractivity contribution >= 4 is 17.2 Å². The Labute approximate surface area is 160 Å². The van der Waals surface area contributed by atoms with Crippen LogP contribution in [0, 0.1) is 6.92 Å². The molecule has 6 heteroatoms. The Morgan fingerprint density at radius 1 is 1.42 bits per heavy atom. The number of thiophene rings is 1. The molecule has 1 atom stereocenters. The molecule has 2 aromatic heterocycles. The van der Waals surface area contributed by atoms with Crippen molar-refractivity contribution in [2.24, 2.45) is 0 Å². The van der Waals surface area contributed by atoms with Crippen LogP contribution in [0.15, 0.2) is 24.4 Å². The number of piperidine rings is 1. The van der Waals surface area contributed by atoms with Crippen molar-refractivity contribution in [3.63, 3.8) is 0 Å².